The SMILES string of the molecule is O=CC(C=Cc1cccs1)(COCc1ccccc1)COCc1ccccc1. The third kappa shape index (κ3) is 6.27. The summed E-state index contributed by atoms with van der Waals surface area (Å²) in [4.78, 5) is 13.2. The Kier molecular flexibility index (Phi) is 7.73. The first-order valence-corrected chi connectivity index (χ1v) is 10.1. The summed E-state index contributed by atoms with van der Waals surface area (Å²) >= 11 is 1.63. The van der Waals surface area contributed by atoms with Crippen molar-refractivity contribution in [3.05, 3.63) is 100 Å². The van der Waals surface area contributed by atoms with Crippen LogP contribution < -0.4 is 0 Å². The van der Waals surface area contributed by atoms with Crippen LogP contribution in [0.3, 0.4) is 0 Å². The molecule has 1 heterocycles. The summed E-state index contributed by atoms with van der Waals surface area (Å²) in [5.41, 5.74) is 1.33. The van der Waals surface area contributed by atoms with E-state index in [0.717, 1.165) is 22.3 Å². The Morgan fingerprint density at radius 1 is 0.786 bits per heavy atom. The molecule has 0 aliphatic heterocycles. The predicted molar refractivity (Wildman–Crippen MR) is 114 cm³/mol. The van der Waals surface area contributed by atoms with Gasteiger partial charge in [0.15, 0.2) is 0 Å². The zero-order valence-corrected chi connectivity index (χ0v) is 16.5. The number of hydrogen-bond donors (Lipinski definition) is 0. The Bertz CT molecular complexity index is 797. The van der Waals surface area contributed by atoms with Gasteiger partial charge in [0.2, 0.25) is 0 Å². The fourth-order valence-electron chi connectivity index (χ4n) is 2.75. The highest BCUT2D eigenvalue weighted by molar-refractivity contribution is 7.10. The Morgan fingerprint density at radius 3 is 1.82 bits per heavy atom. The molecule has 0 aliphatic rings. The molecule has 0 bridgehead atoms. The highest BCUT2D eigenvalue weighted by atomic mass is 32.1. The van der Waals surface area contributed by atoms with Crippen LogP contribution in [0.5, 0.6) is 0 Å². The van der Waals surface area contributed by atoms with Gasteiger partial charge in [-0.3, -0.25) is 0 Å². The lowest BCUT2D eigenvalue weighted by atomic mass is 9.91. The number of ether oxygens (including phenoxy) is 2. The number of rotatable bonds is 11. The average Bonchev–Trinajstić information content (AvgIpc) is 3.27. The maximum absolute atomic E-state index is 12.1. The molecule has 0 unspecified atom stereocenters. The van der Waals surface area contributed by atoms with Gasteiger partial charge in [0.25, 0.3) is 0 Å². The summed E-state index contributed by atoms with van der Waals surface area (Å²) in [6.07, 6.45) is 4.81. The standard InChI is InChI=1S/C24H24O3S/c25-18-24(14-13-23-12-7-15-28-23,19-26-16-21-8-3-1-4-9-21)20-27-17-22-10-5-2-6-11-22/h1-15,18H,16-17,19-20H2. The third-order valence-electron chi connectivity index (χ3n) is 4.32. The van der Waals surface area contributed by atoms with Gasteiger partial charge >= 0.3 is 0 Å². The van der Waals surface area contributed by atoms with E-state index >= 15 is 0 Å². The topological polar surface area (TPSA) is 35.5 Å². The first-order valence-electron chi connectivity index (χ1n) is 9.22. The molecule has 0 spiro atoms. The van der Waals surface area contributed by atoms with Crippen molar-refractivity contribution >= 4 is 23.7 Å². The van der Waals surface area contributed by atoms with Crippen LogP contribution >= 0.6 is 11.3 Å². The van der Waals surface area contributed by atoms with Crippen molar-refractivity contribution < 1.29 is 14.3 Å². The second-order valence-electron chi connectivity index (χ2n) is 6.66. The maximum atomic E-state index is 12.1. The zero-order chi connectivity index (χ0) is 19.5. The predicted octanol–water partition coefficient (Wildman–Crippen LogP) is 5.38. The highest BCUT2D eigenvalue weighted by Gasteiger charge is 2.28. The van der Waals surface area contributed by atoms with Crippen molar-refractivity contribution in [2.45, 2.75) is 13.2 Å². The summed E-state index contributed by atoms with van der Waals surface area (Å²) in [5, 5.41) is 2.01. The van der Waals surface area contributed by atoms with Crippen LogP contribution in [0.4, 0.5) is 0 Å². The van der Waals surface area contributed by atoms with Crippen LogP contribution in [0.2, 0.25) is 0 Å². The van der Waals surface area contributed by atoms with E-state index in [1.807, 2.05) is 90.3 Å². The van der Waals surface area contributed by atoms with E-state index in [1.165, 1.54) is 0 Å². The monoisotopic (exact) mass is 392 g/mol. The Morgan fingerprint density at radius 2 is 1.36 bits per heavy atom. The van der Waals surface area contributed by atoms with Crippen molar-refractivity contribution in [3.8, 4) is 0 Å². The van der Waals surface area contributed by atoms with Gasteiger partial charge in [0.1, 0.15) is 6.29 Å². The molecule has 4 heteroatoms. The maximum Gasteiger partial charge on any atom is 0.134 e. The van der Waals surface area contributed by atoms with Gasteiger partial charge < -0.3 is 14.3 Å². The molecule has 0 saturated carbocycles. The van der Waals surface area contributed by atoms with Gasteiger partial charge in [-0.2, -0.15) is 0 Å². The molecule has 3 aromatic rings. The summed E-state index contributed by atoms with van der Waals surface area (Å²) in [7, 11) is 0. The van der Waals surface area contributed by atoms with Crippen LogP contribution in [0.15, 0.2) is 84.3 Å². The smallest absolute Gasteiger partial charge is 0.134 e. The average molecular weight is 393 g/mol. The van der Waals surface area contributed by atoms with Gasteiger partial charge in [-0.05, 0) is 28.6 Å². The molecule has 0 aliphatic carbocycles. The highest BCUT2D eigenvalue weighted by Crippen LogP contribution is 2.23. The molecule has 3 rings (SSSR count). The number of carbonyl (C=O) groups excluding carboxylic acids is 1. The number of hydrogen-bond acceptors (Lipinski definition) is 4. The second kappa shape index (κ2) is 10.7. The zero-order valence-electron chi connectivity index (χ0n) is 15.7. The quantitative estimate of drug-likeness (QED) is 0.411. The Balaban J connectivity index is 1.64. The van der Waals surface area contributed by atoms with Crippen molar-refractivity contribution in [1.82, 2.24) is 0 Å². The largest absolute Gasteiger partial charge is 0.375 e. The first kappa shape index (κ1) is 20.2. The molecule has 0 saturated heterocycles. The van der Waals surface area contributed by atoms with E-state index in [0.29, 0.717) is 13.2 Å². The number of benzene rings is 2. The molecule has 2 aromatic carbocycles. The fourth-order valence-corrected chi connectivity index (χ4v) is 3.36. The van der Waals surface area contributed by atoms with E-state index < -0.39 is 5.41 Å². The van der Waals surface area contributed by atoms with E-state index in [4.69, 9.17) is 9.47 Å². The molecule has 144 valence electrons. The second-order valence-corrected chi connectivity index (χ2v) is 7.64. The van der Waals surface area contributed by atoms with E-state index in [-0.39, 0.29) is 13.2 Å². The molecule has 0 fully saturated rings. The minimum atomic E-state index is -0.826. The number of carbonyl (C=O) groups is 1. The van der Waals surface area contributed by atoms with E-state index in [1.54, 1.807) is 11.3 Å². The molecular formula is C24H24O3S. The van der Waals surface area contributed by atoms with Crippen LogP contribution in [0.1, 0.15) is 16.0 Å². The van der Waals surface area contributed by atoms with Crippen molar-refractivity contribution in [1.29, 1.82) is 0 Å². The van der Waals surface area contributed by atoms with Crippen LogP contribution in [0.25, 0.3) is 6.08 Å². The molecule has 1 aromatic heterocycles. The summed E-state index contributed by atoms with van der Waals surface area (Å²) in [6.45, 7) is 1.45. The Hall–Kier alpha value is -2.53. The number of aldehydes is 1. The molecule has 0 amide bonds. The lowest BCUT2D eigenvalue weighted by Gasteiger charge is -2.24. The minimum absolute atomic E-state index is 0.266. The summed E-state index contributed by atoms with van der Waals surface area (Å²) < 4.78 is 11.8. The molecule has 3 nitrogen and oxygen atoms in total. The molecule has 28 heavy (non-hydrogen) atoms. The van der Waals surface area contributed by atoms with Crippen molar-refractivity contribution in [2.24, 2.45) is 5.41 Å². The third-order valence-corrected chi connectivity index (χ3v) is 5.16. The van der Waals surface area contributed by atoms with Gasteiger partial charge in [0, 0.05) is 4.88 Å². The molecule has 0 atom stereocenters. The van der Waals surface area contributed by atoms with E-state index in [9.17, 15) is 4.79 Å². The van der Waals surface area contributed by atoms with Gasteiger partial charge in [-0.15, -0.1) is 11.3 Å². The van der Waals surface area contributed by atoms with Crippen molar-refractivity contribution in [3.63, 3.8) is 0 Å². The number of thiophene rings is 1. The Labute approximate surface area is 170 Å². The summed E-state index contributed by atoms with van der Waals surface area (Å²) in [6, 6.07) is 23.9. The van der Waals surface area contributed by atoms with Crippen molar-refractivity contribution in [2.75, 3.05) is 13.2 Å². The van der Waals surface area contributed by atoms with Gasteiger partial charge in [-0.1, -0.05) is 72.8 Å². The molecule has 0 radical (unpaired) electrons. The lowest BCUT2D eigenvalue weighted by Crippen LogP contribution is -2.32. The minimum Gasteiger partial charge on any atom is -0.375 e. The van der Waals surface area contributed by atoms with E-state index in [2.05, 4.69) is 0 Å². The molecular weight excluding hydrogens is 368 g/mol. The van der Waals surface area contributed by atoms with Gasteiger partial charge in [0.05, 0.1) is 31.8 Å². The van der Waals surface area contributed by atoms with Gasteiger partial charge in [-0.25, -0.2) is 0 Å². The lowest BCUT2D eigenvalue weighted by molar-refractivity contribution is -0.121. The fraction of sp³-hybridized carbons (Fsp3) is 0.208. The van der Waals surface area contributed by atoms with Crippen LogP contribution in [-0.2, 0) is 27.5 Å². The first-order chi connectivity index (χ1) is 13.8. The van der Waals surface area contributed by atoms with Crippen LogP contribution in [-0.4, -0.2) is 19.5 Å². The summed E-state index contributed by atoms with van der Waals surface area (Å²) in [5.74, 6) is 0. The molecule has 0 N–H and O–H groups in total. The van der Waals surface area contributed by atoms with Crippen LogP contribution in [0, 0.1) is 5.41 Å². The normalized spacial score (nSPS) is 11.7.